The monoisotopic (exact) mass is 380 g/mol. The van der Waals surface area contributed by atoms with E-state index in [-0.39, 0.29) is 11.7 Å². The molecule has 27 heavy (non-hydrogen) atoms. The van der Waals surface area contributed by atoms with Crippen LogP contribution in [0.1, 0.15) is 29.4 Å². The lowest BCUT2D eigenvalue weighted by atomic mass is 10.1. The van der Waals surface area contributed by atoms with Crippen LogP contribution in [0, 0.1) is 0 Å². The van der Waals surface area contributed by atoms with Gasteiger partial charge in [0, 0.05) is 28.6 Å². The van der Waals surface area contributed by atoms with Gasteiger partial charge in [0.15, 0.2) is 5.78 Å². The molecule has 0 aliphatic heterocycles. The Kier molecular flexibility index (Phi) is 5.98. The quantitative estimate of drug-likeness (QED) is 0.609. The number of aryl methyl sites for hydroxylation is 1. The van der Waals surface area contributed by atoms with Crippen LogP contribution in [0.15, 0.2) is 53.9 Å². The van der Waals surface area contributed by atoms with Gasteiger partial charge in [-0.1, -0.05) is 12.1 Å². The average Bonchev–Trinajstić information content (AvgIpc) is 3.16. The SMILES string of the molecule is COc1ccc(-c2nc(CCC(=O)Nc3cccc(C(C)=O)c3)cs2)cc1. The molecule has 5 nitrogen and oxygen atoms in total. The van der Waals surface area contributed by atoms with Crippen molar-refractivity contribution in [3.8, 4) is 16.3 Å². The molecule has 6 heteroatoms. The number of amides is 1. The first-order valence-electron chi connectivity index (χ1n) is 8.55. The van der Waals surface area contributed by atoms with Gasteiger partial charge in [-0.3, -0.25) is 9.59 Å². The molecule has 0 aliphatic rings. The molecule has 2 aromatic carbocycles. The lowest BCUT2D eigenvalue weighted by Crippen LogP contribution is -2.12. The Balaban J connectivity index is 1.57. The van der Waals surface area contributed by atoms with Crippen LogP contribution in [0.4, 0.5) is 5.69 Å². The number of nitrogens with zero attached hydrogens (tertiary/aromatic N) is 1. The minimum absolute atomic E-state index is 0.0281. The van der Waals surface area contributed by atoms with Crippen LogP contribution in [-0.4, -0.2) is 23.8 Å². The molecular weight excluding hydrogens is 360 g/mol. The molecule has 1 N–H and O–H groups in total. The molecule has 0 spiro atoms. The number of ketones is 1. The molecule has 0 saturated carbocycles. The van der Waals surface area contributed by atoms with Gasteiger partial charge in [0.25, 0.3) is 0 Å². The average molecular weight is 380 g/mol. The first-order valence-corrected chi connectivity index (χ1v) is 9.43. The van der Waals surface area contributed by atoms with E-state index in [1.54, 1.807) is 42.7 Å². The molecule has 0 bridgehead atoms. The van der Waals surface area contributed by atoms with Crippen LogP contribution in [0.25, 0.3) is 10.6 Å². The maximum absolute atomic E-state index is 12.2. The number of anilines is 1. The van der Waals surface area contributed by atoms with Crippen LogP contribution in [0.2, 0.25) is 0 Å². The molecule has 0 fully saturated rings. The third-order valence-corrected chi connectivity index (χ3v) is 4.99. The molecule has 0 aliphatic carbocycles. The summed E-state index contributed by atoms with van der Waals surface area (Å²) in [4.78, 5) is 28.2. The molecule has 0 atom stereocenters. The van der Waals surface area contributed by atoms with Gasteiger partial charge in [0.05, 0.1) is 12.8 Å². The van der Waals surface area contributed by atoms with E-state index in [4.69, 9.17) is 4.74 Å². The summed E-state index contributed by atoms with van der Waals surface area (Å²) in [7, 11) is 1.64. The number of thiazole rings is 1. The summed E-state index contributed by atoms with van der Waals surface area (Å²) < 4.78 is 5.16. The summed E-state index contributed by atoms with van der Waals surface area (Å²) in [5, 5.41) is 5.72. The van der Waals surface area contributed by atoms with Crippen molar-refractivity contribution < 1.29 is 14.3 Å². The minimum atomic E-state index is -0.102. The molecule has 1 heterocycles. The minimum Gasteiger partial charge on any atom is -0.497 e. The van der Waals surface area contributed by atoms with Gasteiger partial charge in [-0.25, -0.2) is 4.98 Å². The van der Waals surface area contributed by atoms with Gasteiger partial charge in [0.1, 0.15) is 10.8 Å². The highest BCUT2D eigenvalue weighted by molar-refractivity contribution is 7.13. The Morgan fingerprint density at radius 1 is 1.15 bits per heavy atom. The fourth-order valence-corrected chi connectivity index (χ4v) is 3.43. The van der Waals surface area contributed by atoms with Crippen molar-refractivity contribution in [2.45, 2.75) is 19.8 Å². The van der Waals surface area contributed by atoms with E-state index >= 15 is 0 Å². The maximum atomic E-state index is 12.2. The van der Waals surface area contributed by atoms with E-state index in [1.807, 2.05) is 29.6 Å². The number of carbonyl (C=O) groups is 2. The zero-order chi connectivity index (χ0) is 19.2. The highest BCUT2D eigenvalue weighted by Gasteiger charge is 2.09. The number of nitrogens with one attached hydrogen (secondary N) is 1. The Morgan fingerprint density at radius 3 is 2.63 bits per heavy atom. The van der Waals surface area contributed by atoms with E-state index in [1.165, 1.54) is 6.92 Å². The van der Waals surface area contributed by atoms with Gasteiger partial charge >= 0.3 is 0 Å². The summed E-state index contributed by atoms with van der Waals surface area (Å²) in [6.07, 6.45) is 0.890. The Labute approximate surface area is 162 Å². The summed E-state index contributed by atoms with van der Waals surface area (Å²) in [5.74, 6) is 0.676. The van der Waals surface area contributed by atoms with Crippen LogP contribution >= 0.6 is 11.3 Å². The van der Waals surface area contributed by atoms with E-state index in [2.05, 4.69) is 10.3 Å². The molecule has 0 unspecified atom stereocenters. The number of ether oxygens (including phenoxy) is 1. The Bertz CT molecular complexity index is 948. The van der Waals surface area contributed by atoms with E-state index in [0.717, 1.165) is 22.0 Å². The second-order valence-corrected chi connectivity index (χ2v) is 6.92. The normalized spacial score (nSPS) is 10.4. The number of Topliss-reactive ketones (excluding diaryl/α,β-unsaturated/α-hetero) is 1. The van der Waals surface area contributed by atoms with E-state index in [0.29, 0.717) is 24.1 Å². The summed E-state index contributed by atoms with van der Waals surface area (Å²) >= 11 is 1.56. The fraction of sp³-hybridized carbons (Fsp3) is 0.190. The van der Waals surface area contributed by atoms with Gasteiger partial charge in [0.2, 0.25) is 5.91 Å². The molecule has 0 saturated heterocycles. The molecule has 138 valence electrons. The Hall–Kier alpha value is -2.99. The molecule has 3 rings (SSSR count). The van der Waals surface area contributed by atoms with Gasteiger partial charge in [-0.05, 0) is 49.7 Å². The zero-order valence-corrected chi connectivity index (χ0v) is 16.0. The summed E-state index contributed by atoms with van der Waals surface area (Å²) in [6, 6.07) is 14.7. The standard InChI is InChI=1S/C21H20N2O3S/c1-14(24)16-4-3-5-17(12-16)22-20(25)11-8-18-13-27-21(23-18)15-6-9-19(26-2)10-7-15/h3-7,9-10,12-13H,8,11H2,1-2H3,(H,22,25). The van der Waals surface area contributed by atoms with Gasteiger partial charge in [-0.15, -0.1) is 11.3 Å². The smallest absolute Gasteiger partial charge is 0.224 e. The highest BCUT2D eigenvalue weighted by Crippen LogP contribution is 2.26. The fourth-order valence-electron chi connectivity index (χ4n) is 2.57. The maximum Gasteiger partial charge on any atom is 0.224 e. The molecular formula is C21H20N2O3S. The number of hydrogen-bond acceptors (Lipinski definition) is 5. The first-order chi connectivity index (χ1) is 13.0. The van der Waals surface area contributed by atoms with Crippen LogP contribution in [-0.2, 0) is 11.2 Å². The first kappa shape index (κ1) is 18.8. The Morgan fingerprint density at radius 2 is 1.93 bits per heavy atom. The van der Waals surface area contributed by atoms with Crippen molar-refractivity contribution in [1.82, 2.24) is 4.98 Å². The van der Waals surface area contributed by atoms with Crippen LogP contribution in [0.3, 0.4) is 0 Å². The van der Waals surface area contributed by atoms with Crippen molar-refractivity contribution >= 4 is 28.7 Å². The molecule has 0 radical (unpaired) electrons. The zero-order valence-electron chi connectivity index (χ0n) is 15.2. The number of hydrogen-bond donors (Lipinski definition) is 1. The number of rotatable bonds is 7. The molecule has 3 aromatic rings. The second kappa shape index (κ2) is 8.60. The van der Waals surface area contributed by atoms with Gasteiger partial charge in [-0.2, -0.15) is 0 Å². The predicted molar refractivity (Wildman–Crippen MR) is 107 cm³/mol. The number of benzene rings is 2. The topological polar surface area (TPSA) is 68.3 Å². The number of aromatic nitrogens is 1. The van der Waals surface area contributed by atoms with E-state index < -0.39 is 0 Å². The third kappa shape index (κ3) is 5.01. The number of methoxy groups -OCH3 is 1. The van der Waals surface area contributed by atoms with Crippen molar-refractivity contribution in [3.63, 3.8) is 0 Å². The number of carbonyl (C=O) groups excluding carboxylic acids is 2. The van der Waals surface area contributed by atoms with Crippen molar-refractivity contribution in [3.05, 3.63) is 65.2 Å². The predicted octanol–water partition coefficient (Wildman–Crippen LogP) is 4.59. The van der Waals surface area contributed by atoms with Crippen LogP contribution in [0.5, 0.6) is 5.75 Å². The summed E-state index contributed by atoms with van der Waals surface area (Å²) in [6.45, 7) is 1.50. The largest absolute Gasteiger partial charge is 0.497 e. The molecule has 1 aromatic heterocycles. The highest BCUT2D eigenvalue weighted by atomic mass is 32.1. The van der Waals surface area contributed by atoms with Crippen molar-refractivity contribution in [1.29, 1.82) is 0 Å². The van der Waals surface area contributed by atoms with Crippen molar-refractivity contribution in [2.24, 2.45) is 0 Å². The molecule has 1 amide bonds. The summed E-state index contributed by atoms with van der Waals surface area (Å²) in [5.41, 5.74) is 3.12. The van der Waals surface area contributed by atoms with Crippen LogP contribution < -0.4 is 10.1 Å². The second-order valence-electron chi connectivity index (χ2n) is 6.06. The lowest BCUT2D eigenvalue weighted by Gasteiger charge is -2.05. The van der Waals surface area contributed by atoms with Crippen molar-refractivity contribution in [2.75, 3.05) is 12.4 Å². The van der Waals surface area contributed by atoms with E-state index in [9.17, 15) is 9.59 Å². The third-order valence-electron chi connectivity index (χ3n) is 4.05. The lowest BCUT2D eigenvalue weighted by molar-refractivity contribution is -0.116. The van der Waals surface area contributed by atoms with Gasteiger partial charge < -0.3 is 10.1 Å².